The Labute approximate surface area is 202 Å². The van der Waals surface area contributed by atoms with Gasteiger partial charge in [0.1, 0.15) is 12.4 Å². The molecule has 1 heterocycles. The molecule has 4 rings (SSSR count). The van der Waals surface area contributed by atoms with E-state index in [2.05, 4.69) is 5.32 Å². The van der Waals surface area contributed by atoms with E-state index in [0.717, 1.165) is 12.0 Å². The number of aromatic nitrogens is 2. The molecule has 34 heavy (non-hydrogen) atoms. The molecular weight excluding hydrogens is 454 g/mol. The summed E-state index contributed by atoms with van der Waals surface area (Å²) in [5, 5.41) is 12.6. The Morgan fingerprint density at radius 2 is 2.06 bits per heavy atom. The van der Waals surface area contributed by atoms with Gasteiger partial charge in [0.05, 0.1) is 17.3 Å². The van der Waals surface area contributed by atoms with Gasteiger partial charge in [-0.25, -0.2) is 4.98 Å². The number of aliphatic carboxylic acids is 1. The molecule has 7 nitrogen and oxygen atoms in total. The molecule has 0 spiro atoms. The molecule has 1 saturated carbocycles. The van der Waals surface area contributed by atoms with Crippen molar-refractivity contribution in [2.45, 2.75) is 45.2 Å². The molecule has 1 aromatic heterocycles. The monoisotopic (exact) mass is 479 g/mol. The van der Waals surface area contributed by atoms with Crippen molar-refractivity contribution in [1.82, 2.24) is 14.9 Å². The Kier molecular flexibility index (Phi) is 6.84. The average Bonchev–Trinajstić information content (AvgIpc) is 3.54. The highest BCUT2D eigenvalue weighted by molar-refractivity contribution is 6.30. The number of nitrogens with one attached hydrogen (secondary N) is 1. The molecule has 2 aromatic carbocycles. The lowest BCUT2D eigenvalue weighted by Gasteiger charge is -2.15. The van der Waals surface area contributed by atoms with Crippen molar-refractivity contribution in [2.75, 3.05) is 0 Å². The molecule has 1 fully saturated rings. The lowest BCUT2D eigenvalue weighted by molar-refractivity contribution is -0.136. The molecule has 176 valence electrons. The number of benzene rings is 2. The summed E-state index contributed by atoms with van der Waals surface area (Å²) in [6.45, 7) is 3.57. The molecule has 8 heteroatoms. The Balaban J connectivity index is 1.74. The number of halogens is 1. The van der Waals surface area contributed by atoms with Crippen molar-refractivity contribution in [2.24, 2.45) is 5.92 Å². The standard InChI is InChI=1S/C26H26ClN3O4/c1-15(2)28-23(31)14-30-25(18-6-3-7-19(27)11-18)29-22-10-9-17(13-21(22)26(30)34)20-12-16(20)5-4-8-24(32)33/h3-7,9-11,13,15-16,20H,8,12,14H2,1-2H3,(H,28,31)(H,32,33)/b5-4+. The van der Waals surface area contributed by atoms with Crippen LogP contribution in [0.5, 0.6) is 0 Å². The molecule has 2 N–H and O–H groups in total. The van der Waals surface area contributed by atoms with Crippen molar-refractivity contribution in [3.8, 4) is 11.4 Å². The molecular formula is C26H26ClN3O4. The Morgan fingerprint density at radius 1 is 1.26 bits per heavy atom. The van der Waals surface area contributed by atoms with Crippen LogP contribution in [0.15, 0.2) is 59.4 Å². The fourth-order valence-electron chi connectivity index (χ4n) is 4.13. The van der Waals surface area contributed by atoms with Gasteiger partial charge < -0.3 is 10.4 Å². The number of carbonyl (C=O) groups is 2. The van der Waals surface area contributed by atoms with Gasteiger partial charge in [-0.15, -0.1) is 0 Å². The van der Waals surface area contributed by atoms with Gasteiger partial charge >= 0.3 is 5.97 Å². The minimum atomic E-state index is -0.859. The number of hydrogen-bond acceptors (Lipinski definition) is 4. The number of rotatable bonds is 8. The third-order valence-corrected chi connectivity index (χ3v) is 5.99. The maximum Gasteiger partial charge on any atom is 0.307 e. The van der Waals surface area contributed by atoms with E-state index >= 15 is 0 Å². The normalized spacial score (nSPS) is 17.4. The van der Waals surface area contributed by atoms with Crippen LogP contribution in [-0.4, -0.2) is 32.6 Å². The molecule has 3 aromatic rings. The maximum atomic E-state index is 13.6. The molecule has 2 unspecified atom stereocenters. The van der Waals surface area contributed by atoms with Crippen LogP contribution >= 0.6 is 11.6 Å². The first kappa shape index (κ1) is 23.7. The molecule has 0 bridgehead atoms. The van der Waals surface area contributed by atoms with Crippen LogP contribution in [-0.2, 0) is 16.1 Å². The van der Waals surface area contributed by atoms with E-state index in [-0.39, 0.29) is 42.3 Å². The summed E-state index contributed by atoms with van der Waals surface area (Å²) in [4.78, 5) is 41.6. The highest BCUT2D eigenvalue weighted by Crippen LogP contribution is 2.48. The quantitative estimate of drug-likeness (QED) is 0.467. The molecule has 0 aliphatic heterocycles. The van der Waals surface area contributed by atoms with E-state index in [0.29, 0.717) is 27.3 Å². The van der Waals surface area contributed by atoms with E-state index in [1.54, 1.807) is 24.3 Å². The summed E-state index contributed by atoms with van der Waals surface area (Å²) < 4.78 is 1.40. The van der Waals surface area contributed by atoms with Crippen LogP contribution < -0.4 is 10.9 Å². The number of nitrogens with zero attached hydrogens (tertiary/aromatic N) is 2. The van der Waals surface area contributed by atoms with Gasteiger partial charge in [-0.3, -0.25) is 19.0 Å². The molecule has 1 aliphatic rings. The molecule has 0 radical (unpaired) electrons. The van der Waals surface area contributed by atoms with Gasteiger partial charge in [0.15, 0.2) is 0 Å². The molecule has 1 aliphatic carbocycles. The van der Waals surface area contributed by atoms with Crippen LogP contribution in [0.1, 0.15) is 38.2 Å². The van der Waals surface area contributed by atoms with Crippen molar-refractivity contribution in [3.63, 3.8) is 0 Å². The number of amides is 1. The summed E-state index contributed by atoms with van der Waals surface area (Å²) in [6.07, 6.45) is 4.51. The second kappa shape index (κ2) is 9.81. The molecule has 1 amide bonds. The van der Waals surface area contributed by atoms with Crippen LogP contribution in [0.25, 0.3) is 22.3 Å². The maximum absolute atomic E-state index is 13.6. The van der Waals surface area contributed by atoms with Crippen LogP contribution in [0, 0.1) is 5.92 Å². The minimum Gasteiger partial charge on any atom is -0.481 e. The summed E-state index contributed by atoms with van der Waals surface area (Å²) in [6, 6.07) is 12.6. The van der Waals surface area contributed by atoms with E-state index in [9.17, 15) is 14.4 Å². The third kappa shape index (κ3) is 5.37. The molecule has 0 saturated heterocycles. The van der Waals surface area contributed by atoms with Gasteiger partial charge in [0.25, 0.3) is 5.56 Å². The van der Waals surface area contributed by atoms with Gasteiger partial charge in [-0.2, -0.15) is 0 Å². The van der Waals surface area contributed by atoms with Gasteiger partial charge in [0.2, 0.25) is 5.91 Å². The van der Waals surface area contributed by atoms with Gasteiger partial charge in [-0.05, 0) is 61.9 Å². The van der Waals surface area contributed by atoms with Crippen molar-refractivity contribution in [1.29, 1.82) is 0 Å². The first-order chi connectivity index (χ1) is 16.2. The largest absolute Gasteiger partial charge is 0.481 e. The second-order valence-corrected chi connectivity index (χ2v) is 9.30. The van der Waals surface area contributed by atoms with Gasteiger partial charge in [-0.1, -0.05) is 42.0 Å². The number of carbonyl (C=O) groups excluding carboxylic acids is 1. The highest BCUT2D eigenvalue weighted by Gasteiger charge is 2.36. The first-order valence-electron chi connectivity index (χ1n) is 11.2. The van der Waals surface area contributed by atoms with Crippen molar-refractivity contribution >= 4 is 34.4 Å². The predicted octanol–water partition coefficient (Wildman–Crippen LogP) is 4.38. The van der Waals surface area contributed by atoms with E-state index in [1.165, 1.54) is 4.57 Å². The van der Waals surface area contributed by atoms with Crippen molar-refractivity contribution in [3.05, 3.63) is 75.6 Å². The van der Waals surface area contributed by atoms with Crippen LogP contribution in [0.3, 0.4) is 0 Å². The van der Waals surface area contributed by atoms with Crippen molar-refractivity contribution < 1.29 is 14.7 Å². The first-order valence-corrected chi connectivity index (χ1v) is 11.6. The Bertz CT molecular complexity index is 1350. The zero-order chi connectivity index (χ0) is 24.4. The van der Waals surface area contributed by atoms with E-state index < -0.39 is 5.97 Å². The summed E-state index contributed by atoms with van der Waals surface area (Å²) in [7, 11) is 0. The van der Waals surface area contributed by atoms with Crippen LogP contribution in [0.2, 0.25) is 5.02 Å². The Hall–Kier alpha value is -3.45. The summed E-state index contributed by atoms with van der Waals surface area (Å²) in [5.74, 6) is -0.257. The van der Waals surface area contributed by atoms with E-state index in [4.69, 9.17) is 21.7 Å². The zero-order valence-electron chi connectivity index (χ0n) is 19.0. The highest BCUT2D eigenvalue weighted by atomic mass is 35.5. The number of hydrogen-bond donors (Lipinski definition) is 2. The van der Waals surface area contributed by atoms with Gasteiger partial charge in [0, 0.05) is 16.6 Å². The van der Waals surface area contributed by atoms with E-state index in [1.807, 2.05) is 44.2 Å². The number of allylic oxidation sites excluding steroid dienone is 1. The lowest BCUT2D eigenvalue weighted by atomic mass is 10.1. The Morgan fingerprint density at radius 3 is 2.76 bits per heavy atom. The zero-order valence-corrected chi connectivity index (χ0v) is 19.7. The summed E-state index contributed by atoms with van der Waals surface area (Å²) >= 11 is 6.18. The number of carboxylic acid groups (broad SMARTS) is 1. The topological polar surface area (TPSA) is 101 Å². The fraction of sp³-hybridized carbons (Fsp3) is 0.308. The van der Waals surface area contributed by atoms with Crippen LogP contribution in [0.4, 0.5) is 0 Å². The summed E-state index contributed by atoms with van der Waals surface area (Å²) in [5.41, 5.74) is 1.91. The molecule has 2 atom stereocenters. The minimum absolute atomic E-state index is 0.000287. The smallest absolute Gasteiger partial charge is 0.307 e. The number of fused-ring (bicyclic) bond motifs is 1. The average molecular weight is 480 g/mol. The SMILES string of the molecule is CC(C)NC(=O)Cn1c(-c2cccc(Cl)c2)nc2ccc(C3CC3/C=C/CC(=O)O)cc2c1=O. The lowest BCUT2D eigenvalue weighted by Crippen LogP contribution is -2.37. The second-order valence-electron chi connectivity index (χ2n) is 8.87. The fourth-order valence-corrected chi connectivity index (χ4v) is 4.32. The third-order valence-electron chi connectivity index (χ3n) is 5.76. The predicted molar refractivity (Wildman–Crippen MR) is 132 cm³/mol. The number of carboxylic acids is 1.